The van der Waals surface area contributed by atoms with Gasteiger partial charge in [0.1, 0.15) is 0 Å². The number of aryl methyl sites for hydroxylation is 1. The van der Waals surface area contributed by atoms with Gasteiger partial charge in [-0.1, -0.05) is 0 Å². The Hall–Kier alpha value is -2.17. The Morgan fingerprint density at radius 2 is 2.18 bits per heavy atom. The summed E-state index contributed by atoms with van der Waals surface area (Å²) in [7, 11) is 0. The van der Waals surface area contributed by atoms with Crippen molar-refractivity contribution in [2.24, 2.45) is 0 Å². The molecule has 10 heteroatoms. The van der Waals surface area contributed by atoms with Gasteiger partial charge in [0.15, 0.2) is 5.65 Å². The Balaban J connectivity index is 1.56. The van der Waals surface area contributed by atoms with Gasteiger partial charge >= 0.3 is 0 Å². The topological polar surface area (TPSA) is 103 Å². The molecule has 0 unspecified atom stereocenters. The van der Waals surface area contributed by atoms with Crippen molar-refractivity contribution < 1.29 is 9.15 Å². The fraction of sp³-hybridized carbons (Fsp3) is 0.556. The van der Waals surface area contributed by atoms with E-state index in [0.717, 1.165) is 66.5 Å². The zero-order chi connectivity index (χ0) is 18.9. The molecule has 5 rings (SSSR count). The van der Waals surface area contributed by atoms with Crippen molar-refractivity contribution in [3.8, 4) is 11.5 Å². The third-order valence-electron chi connectivity index (χ3n) is 5.22. The molecule has 148 valence electrons. The van der Waals surface area contributed by atoms with Gasteiger partial charge in [-0.2, -0.15) is 5.10 Å². The number of aromatic nitrogens is 5. The molecule has 0 amide bonds. The molecule has 3 aromatic heterocycles. The Bertz CT molecular complexity index is 960. The summed E-state index contributed by atoms with van der Waals surface area (Å²) in [6.07, 6.45) is 5.60. The third-order valence-corrected chi connectivity index (χ3v) is 6.16. The molecule has 0 radical (unpaired) electrons. The van der Waals surface area contributed by atoms with Gasteiger partial charge in [-0.15, -0.1) is 22.0 Å². The van der Waals surface area contributed by atoms with Gasteiger partial charge in [-0.05, 0) is 19.8 Å². The summed E-state index contributed by atoms with van der Waals surface area (Å²) in [5, 5.41) is 21.1. The average Bonchev–Trinajstić information content (AvgIpc) is 3.48. The van der Waals surface area contributed by atoms with Gasteiger partial charge in [-0.3, -0.25) is 5.32 Å². The predicted octanol–water partition coefficient (Wildman–Crippen LogP) is 2.43. The molecule has 2 saturated heterocycles. The molecule has 9 nitrogen and oxygen atoms in total. The number of thioether (sulfide) groups is 1. The SMILES string of the molecule is CCn1ncc2c(NC3CCOCC3)c(-c3nnc([C@H]4CSCN4)o3)cnc21. The number of fused-ring (bicyclic) bond motifs is 1. The highest BCUT2D eigenvalue weighted by molar-refractivity contribution is 7.99. The summed E-state index contributed by atoms with van der Waals surface area (Å²) in [5.41, 5.74) is 2.63. The maximum absolute atomic E-state index is 6.04. The molecule has 0 bridgehead atoms. The van der Waals surface area contributed by atoms with Gasteiger partial charge in [0.05, 0.1) is 28.9 Å². The van der Waals surface area contributed by atoms with E-state index < -0.39 is 0 Å². The predicted molar refractivity (Wildman–Crippen MR) is 107 cm³/mol. The van der Waals surface area contributed by atoms with Gasteiger partial charge in [0, 0.05) is 43.6 Å². The van der Waals surface area contributed by atoms with Gasteiger partial charge in [-0.25, -0.2) is 9.67 Å². The average molecular weight is 401 g/mol. The highest BCUT2D eigenvalue weighted by Crippen LogP contribution is 2.35. The van der Waals surface area contributed by atoms with Gasteiger partial charge < -0.3 is 14.5 Å². The van der Waals surface area contributed by atoms with Crippen molar-refractivity contribution >= 4 is 28.5 Å². The van der Waals surface area contributed by atoms with E-state index in [4.69, 9.17) is 9.15 Å². The standard InChI is InChI=1S/C18H23N7O2S/c1-2-25-16-12(8-21-25)15(22-11-3-5-26-6-4-11)13(7-19-16)17-23-24-18(27-17)14-9-28-10-20-14/h7-8,11,14,20H,2-6,9-10H2,1H3,(H,19,22)/t14-/m1/s1. The van der Waals surface area contributed by atoms with E-state index in [1.165, 1.54) is 0 Å². The molecule has 3 aromatic rings. The Labute approximate surface area is 166 Å². The highest BCUT2D eigenvalue weighted by Gasteiger charge is 2.26. The first-order valence-corrected chi connectivity index (χ1v) is 10.8. The summed E-state index contributed by atoms with van der Waals surface area (Å²) in [4.78, 5) is 4.64. The maximum Gasteiger partial charge on any atom is 0.251 e. The molecule has 2 N–H and O–H groups in total. The van der Waals surface area contributed by atoms with Crippen molar-refractivity contribution in [2.45, 2.75) is 38.4 Å². The van der Waals surface area contributed by atoms with E-state index in [2.05, 4.69) is 37.8 Å². The third kappa shape index (κ3) is 3.25. The lowest BCUT2D eigenvalue weighted by Crippen LogP contribution is -2.28. The highest BCUT2D eigenvalue weighted by atomic mass is 32.2. The summed E-state index contributed by atoms with van der Waals surface area (Å²) < 4.78 is 13.4. The molecule has 0 aliphatic carbocycles. The molecule has 1 atom stereocenters. The van der Waals surface area contributed by atoms with Crippen molar-refractivity contribution in [1.29, 1.82) is 0 Å². The Kier molecular flexibility index (Phi) is 4.91. The molecular formula is C18H23N7O2S. The van der Waals surface area contributed by atoms with E-state index in [-0.39, 0.29) is 6.04 Å². The summed E-state index contributed by atoms with van der Waals surface area (Å²) >= 11 is 1.83. The Morgan fingerprint density at radius 3 is 2.96 bits per heavy atom. The van der Waals surface area contributed by atoms with Crippen LogP contribution >= 0.6 is 11.8 Å². The van der Waals surface area contributed by atoms with Crippen LogP contribution in [-0.2, 0) is 11.3 Å². The second-order valence-electron chi connectivity index (χ2n) is 6.99. The molecule has 2 aliphatic heterocycles. The van der Waals surface area contributed by atoms with Crippen molar-refractivity contribution in [1.82, 2.24) is 30.3 Å². The molecule has 0 saturated carbocycles. The Morgan fingerprint density at radius 1 is 1.29 bits per heavy atom. The molecule has 0 spiro atoms. The number of hydrogen-bond donors (Lipinski definition) is 2. The van der Waals surface area contributed by atoms with Crippen LogP contribution in [0.3, 0.4) is 0 Å². The lowest BCUT2D eigenvalue weighted by atomic mass is 10.1. The van der Waals surface area contributed by atoms with Crippen molar-refractivity contribution in [3.05, 3.63) is 18.3 Å². The van der Waals surface area contributed by atoms with Crippen LogP contribution in [0.4, 0.5) is 5.69 Å². The number of anilines is 1. The van der Waals surface area contributed by atoms with Crippen molar-refractivity contribution in [3.63, 3.8) is 0 Å². The smallest absolute Gasteiger partial charge is 0.251 e. The number of nitrogens with zero attached hydrogens (tertiary/aromatic N) is 5. The second kappa shape index (κ2) is 7.69. The second-order valence-corrected chi connectivity index (χ2v) is 8.02. The molecular weight excluding hydrogens is 378 g/mol. The van der Waals surface area contributed by atoms with E-state index >= 15 is 0 Å². The monoisotopic (exact) mass is 401 g/mol. The van der Waals surface area contributed by atoms with Gasteiger partial charge in [0.25, 0.3) is 5.89 Å². The zero-order valence-corrected chi connectivity index (χ0v) is 16.5. The van der Waals surface area contributed by atoms with Crippen LogP contribution in [0.25, 0.3) is 22.5 Å². The normalized spacial score (nSPS) is 20.8. The molecule has 2 aliphatic rings. The summed E-state index contributed by atoms with van der Waals surface area (Å²) in [5.74, 6) is 2.96. The van der Waals surface area contributed by atoms with Crippen LogP contribution in [0.2, 0.25) is 0 Å². The van der Waals surface area contributed by atoms with Crippen LogP contribution in [0.15, 0.2) is 16.8 Å². The number of pyridine rings is 1. The maximum atomic E-state index is 6.04. The zero-order valence-electron chi connectivity index (χ0n) is 15.7. The van der Waals surface area contributed by atoms with E-state index in [1.54, 1.807) is 0 Å². The van der Waals surface area contributed by atoms with E-state index in [0.29, 0.717) is 17.8 Å². The summed E-state index contributed by atoms with van der Waals surface area (Å²) in [6.45, 7) is 4.36. The van der Waals surface area contributed by atoms with Crippen LogP contribution in [0.5, 0.6) is 0 Å². The lowest BCUT2D eigenvalue weighted by Gasteiger charge is -2.25. The van der Waals surface area contributed by atoms with Crippen LogP contribution in [0, 0.1) is 0 Å². The minimum Gasteiger partial charge on any atom is -0.419 e. The fourth-order valence-corrected chi connectivity index (χ4v) is 4.59. The number of nitrogens with one attached hydrogen (secondary N) is 2. The van der Waals surface area contributed by atoms with Crippen LogP contribution in [-0.4, -0.2) is 55.8 Å². The first-order valence-electron chi connectivity index (χ1n) is 9.67. The number of ether oxygens (including phenoxy) is 1. The van der Waals surface area contributed by atoms with Crippen LogP contribution < -0.4 is 10.6 Å². The summed E-state index contributed by atoms with van der Waals surface area (Å²) in [6, 6.07) is 0.441. The first kappa shape index (κ1) is 17.9. The molecule has 5 heterocycles. The van der Waals surface area contributed by atoms with E-state index in [9.17, 15) is 0 Å². The molecule has 28 heavy (non-hydrogen) atoms. The number of rotatable bonds is 5. The van der Waals surface area contributed by atoms with E-state index in [1.807, 2.05) is 28.8 Å². The molecule has 2 fully saturated rings. The fourth-order valence-electron chi connectivity index (χ4n) is 3.66. The molecule has 0 aromatic carbocycles. The van der Waals surface area contributed by atoms with Crippen LogP contribution in [0.1, 0.15) is 31.7 Å². The number of hydrogen-bond acceptors (Lipinski definition) is 9. The largest absolute Gasteiger partial charge is 0.419 e. The lowest BCUT2D eigenvalue weighted by molar-refractivity contribution is 0.0905. The minimum absolute atomic E-state index is 0.109. The first-order chi connectivity index (χ1) is 13.8. The van der Waals surface area contributed by atoms with Gasteiger partial charge in [0.2, 0.25) is 5.89 Å². The minimum atomic E-state index is 0.109. The van der Waals surface area contributed by atoms with Crippen molar-refractivity contribution in [2.75, 3.05) is 30.2 Å². The quantitative estimate of drug-likeness (QED) is 0.667.